The van der Waals surface area contributed by atoms with Crippen LogP contribution in [0.2, 0.25) is 0 Å². The zero-order chi connectivity index (χ0) is 8.10. The Morgan fingerprint density at radius 1 is 1.45 bits per heavy atom. The Morgan fingerprint density at radius 2 is 2.18 bits per heavy atom. The number of nitrogens with zero attached hydrogens (tertiary/aromatic N) is 2. The van der Waals surface area contributed by atoms with E-state index in [1.54, 1.807) is 12.4 Å². The average Bonchev–Trinajstić information content (AvgIpc) is 2.06. The van der Waals surface area contributed by atoms with Gasteiger partial charge in [-0.05, 0) is 6.92 Å². The molecule has 0 aliphatic carbocycles. The Bertz CT molecular complexity index is 227. The van der Waals surface area contributed by atoms with E-state index < -0.39 is 0 Å². The molecule has 0 aliphatic rings. The molecule has 4 nitrogen and oxygen atoms in total. The van der Waals surface area contributed by atoms with Crippen LogP contribution in [0.5, 0.6) is 5.88 Å². The summed E-state index contributed by atoms with van der Waals surface area (Å²) in [5.41, 5.74) is 6.10. The molecule has 11 heavy (non-hydrogen) atoms. The van der Waals surface area contributed by atoms with E-state index in [0.29, 0.717) is 24.7 Å². The van der Waals surface area contributed by atoms with Crippen molar-refractivity contribution in [1.29, 1.82) is 0 Å². The van der Waals surface area contributed by atoms with Crippen molar-refractivity contribution in [3.63, 3.8) is 0 Å². The molecule has 0 fully saturated rings. The van der Waals surface area contributed by atoms with Crippen molar-refractivity contribution < 1.29 is 4.74 Å². The van der Waals surface area contributed by atoms with Crippen LogP contribution in [0.4, 0.5) is 0 Å². The zero-order valence-corrected chi connectivity index (χ0v) is 6.45. The van der Waals surface area contributed by atoms with E-state index >= 15 is 0 Å². The highest BCUT2D eigenvalue weighted by Crippen LogP contribution is 2.09. The fourth-order valence-electron chi connectivity index (χ4n) is 0.751. The standard InChI is InChI=1S/C7H11N3O/c1-2-11-7-6(5-8)9-3-4-10-7/h3-4H,2,5,8H2,1H3. The molecule has 0 aliphatic heterocycles. The predicted octanol–water partition coefficient (Wildman–Crippen LogP) is 0.334. The largest absolute Gasteiger partial charge is 0.477 e. The second-order valence-electron chi connectivity index (χ2n) is 1.95. The van der Waals surface area contributed by atoms with Crippen LogP contribution in [0.3, 0.4) is 0 Å². The van der Waals surface area contributed by atoms with E-state index in [9.17, 15) is 0 Å². The Morgan fingerprint density at radius 3 is 2.82 bits per heavy atom. The Labute approximate surface area is 65.4 Å². The summed E-state index contributed by atoms with van der Waals surface area (Å²) in [6, 6.07) is 0. The topological polar surface area (TPSA) is 61.0 Å². The quantitative estimate of drug-likeness (QED) is 0.680. The third kappa shape index (κ3) is 1.88. The lowest BCUT2D eigenvalue weighted by Crippen LogP contribution is -2.05. The molecule has 0 spiro atoms. The van der Waals surface area contributed by atoms with Gasteiger partial charge in [0.15, 0.2) is 0 Å². The Balaban J connectivity index is 2.83. The van der Waals surface area contributed by atoms with Gasteiger partial charge >= 0.3 is 0 Å². The highest BCUT2D eigenvalue weighted by molar-refractivity contribution is 5.16. The maximum atomic E-state index is 5.40. The van der Waals surface area contributed by atoms with Crippen LogP contribution in [0.15, 0.2) is 12.4 Å². The van der Waals surface area contributed by atoms with Crippen LogP contribution in [0, 0.1) is 0 Å². The molecule has 1 heterocycles. The van der Waals surface area contributed by atoms with Crippen molar-refractivity contribution in [2.45, 2.75) is 13.5 Å². The van der Waals surface area contributed by atoms with E-state index in [4.69, 9.17) is 10.5 Å². The number of hydrogen-bond acceptors (Lipinski definition) is 4. The molecule has 0 aromatic carbocycles. The molecule has 1 aromatic heterocycles. The van der Waals surface area contributed by atoms with Crippen molar-refractivity contribution in [3.8, 4) is 5.88 Å². The second kappa shape index (κ2) is 3.88. The van der Waals surface area contributed by atoms with E-state index in [2.05, 4.69) is 9.97 Å². The highest BCUT2D eigenvalue weighted by atomic mass is 16.5. The molecule has 1 aromatic rings. The molecule has 1 rings (SSSR count). The summed E-state index contributed by atoms with van der Waals surface area (Å²) < 4.78 is 5.17. The van der Waals surface area contributed by atoms with Crippen molar-refractivity contribution in [2.75, 3.05) is 6.61 Å². The fourth-order valence-corrected chi connectivity index (χ4v) is 0.751. The maximum Gasteiger partial charge on any atom is 0.236 e. The van der Waals surface area contributed by atoms with E-state index in [0.717, 1.165) is 0 Å². The van der Waals surface area contributed by atoms with Crippen molar-refractivity contribution in [3.05, 3.63) is 18.1 Å². The minimum atomic E-state index is 0.364. The summed E-state index contributed by atoms with van der Waals surface area (Å²) in [4.78, 5) is 7.98. The van der Waals surface area contributed by atoms with Crippen LogP contribution < -0.4 is 10.5 Å². The lowest BCUT2D eigenvalue weighted by molar-refractivity contribution is 0.320. The van der Waals surface area contributed by atoms with Crippen molar-refractivity contribution in [2.24, 2.45) is 5.73 Å². The SMILES string of the molecule is CCOc1nccnc1CN. The normalized spacial score (nSPS) is 9.64. The number of rotatable bonds is 3. The summed E-state index contributed by atoms with van der Waals surface area (Å²) >= 11 is 0. The molecule has 0 radical (unpaired) electrons. The first-order valence-electron chi connectivity index (χ1n) is 3.51. The van der Waals surface area contributed by atoms with Crippen LogP contribution >= 0.6 is 0 Å². The summed E-state index contributed by atoms with van der Waals surface area (Å²) in [5.74, 6) is 0.539. The van der Waals surface area contributed by atoms with E-state index in [1.807, 2.05) is 6.92 Å². The molecule has 0 bridgehead atoms. The molecular weight excluding hydrogens is 142 g/mol. The summed E-state index contributed by atoms with van der Waals surface area (Å²) in [7, 11) is 0. The second-order valence-corrected chi connectivity index (χ2v) is 1.95. The minimum Gasteiger partial charge on any atom is -0.477 e. The fraction of sp³-hybridized carbons (Fsp3) is 0.429. The summed E-state index contributed by atoms with van der Waals surface area (Å²) in [6.45, 7) is 2.85. The van der Waals surface area contributed by atoms with Gasteiger partial charge in [-0.25, -0.2) is 4.98 Å². The number of nitrogens with two attached hydrogens (primary N) is 1. The van der Waals surface area contributed by atoms with Crippen LogP contribution in [-0.2, 0) is 6.54 Å². The highest BCUT2D eigenvalue weighted by Gasteiger charge is 2.01. The predicted molar refractivity (Wildman–Crippen MR) is 41.1 cm³/mol. The number of aromatic nitrogens is 2. The Kier molecular flexibility index (Phi) is 2.80. The van der Waals surface area contributed by atoms with Gasteiger partial charge in [-0.15, -0.1) is 0 Å². The zero-order valence-electron chi connectivity index (χ0n) is 6.45. The number of ether oxygens (including phenoxy) is 1. The van der Waals surface area contributed by atoms with Gasteiger partial charge in [0.25, 0.3) is 0 Å². The first-order chi connectivity index (χ1) is 5.38. The minimum absolute atomic E-state index is 0.364. The van der Waals surface area contributed by atoms with E-state index in [-0.39, 0.29) is 0 Å². The molecular formula is C7H11N3O. The molecule has 0 saturated heterocycles. The van der Waals surface area contributed by atoms with Gasteiger partial charge in [0.1, 0.15) is 5.69 Å². The average molecular weight is 153 g/mol. The van der Waals surface area contributed by atoms with Crippen molar-refractivity contribution in [1.82, 2.24) is 9.97 Å². The maximum absolute atomic E-state index is 5.40. The van der Waals surface area contributed by atoms with Gasteiger partial charge in [-0.1, -0.05) is 0 Å². The smallest absolute Gasteiger partial charge is 0.236 e. The first kappa shape index (κ1) is 7.94. The van der Waals surface area contributed by atoms with Crippen LogP contribution in [0.1, 0.15) is 12.6 Å². The first-order valence-corrected chi connectivity index (χ1v) is 3.51. The molecule has 60 valence electrons. The third-order valence-corrected chi connectivity index (χ3v) is 1.21. The summed E-state index contributed by atoms with van der Waals surface area (Å²) in [5, 5.41) is 0. The van der Waals surface area contributed by atoms with Crippen LogP contribution in [0.25, 0.3) is 0 Å². The number of hydrogen-bond donors (Lipinski definition) is 1. The molecule has 0 amide bonds. The molecule has 0 saturated carbocycles. The van der Waals surface area contributed by atoms with Gasteiger partial charge in [-0.3, -0.25) is 4.98 Å². The van der Waals surface area contributed by atoms with Gasteiger partial charge in [0.2, 0.25) is 5.88 Å². The van der Waals surface area contributed by atoms with Crippen LogP contribution in [-0.4, -0.2) is 16.6 Å². The lowest BCUT2D eigenvalue weighted by Gasteiger charge is -2.04. The summed E-state index contributed by atoms with van der Waals surface area (Å²) in [6.07, 6.45) is 3.19. The monoisotopic (exact) mass is 153 g/mol. The van der Waals surface area contributed by atoms with Gasteiger partial charge in [0, 0.05) is 18.9 Å². The van der Waals surface area contributed by atoms with Gasteiger partial charge < -0.3 is 10.5 Å². The van der Waals surface area contributed by atoms with Gasteiger partial charge in [-0.2, -0.15) is 0 Å². The van der Waals surface area contributed by atoms with Gasteiger partial charge in [0.05, 0.1) is 6.61 Å². The molecule has 2 N–H and O–H groups in total. The molecule has 0 unspecified atom stereocenters. The third-order valence-electron chi connectivity index (χ3n) is 1.21. The van der Waals surface area contributed by atoms with Crippen molar-refractivity contribution >= 4 is 0 Å². The molecule has 4 heteroatoms. The Hall–Kier alpha value is -1.16. The molecule has 0 atom stereocenters. The van der Waals surface area contributed by atoms with E-state index in [1.165, 1.54) is 0 Å². The lowest BCUT2D eigenvalue weighted by atomic mass is 10.4.